The second-order valence-corrected chi connectivity index (χ2v) is 4.59. The Kier molecular flexibility index (Phi) is 9.38. The van der Waals surface area contributed by atoms with E-state index < -0.39 is 0 Å². The Hall–Kier alpha value is -0.550. The van der Waals surface area contributed by atoms with E-state index in [0.29, 0.717) is 12.4 Å². The third kappa shape index (κ3) is 5.87. The highest BCUT2D eigenvalue weighted by Crippen LogP contribution is 2.12. The van der Waals surface area contributed by atoms with E-state index in [4.69, 9.17) is 5.73 Å². The van der Waals surface area contributed by atoms with Crippen LogP contribution in [-0.4, -0.2) is 15.6 Å². The van der Waals surface area contributed by atoms with Gasteiger partial charge in [0.2, 0.25) is 0 Å². The van der Waals surface area contributed by atoms with Gasteiger partial charge >= 0.3 is 0 Å². The van der Waals surface area contributed by atoms with Crippen LogP contribution in [0.1, 0.15) is 38.4 Å². The summed E-state index contributed by atoms with van der Waals surface area (Å²) < 4.78 is 0. The summed E-state index contributed by atoms with van der Waals surface area (Å²) in [6, 6.07) is 3.53. The summed E-state index contributed by atoms with van der Waals surface area (Å²) in [5.41, 5.74) is 7.35. The summed E-state index contributed by atoms with van der Waals surface area (Å²) >= 11 is 0. The van der Waals surface area contributed by atoms with E-state index in [0.717, 1.165) is 17.7 Å². The van der Waals surface area contributed by atoms with Crippen LogP contribution in [0.25, 0.3) is 0 Å². The fourth-order valence-electron chi connectivity index (χ4n) is 1.29. The highest BCUT2D eigenvalue weighted by atomic mass is 35.5. The van der Waals surface area contributed by atoms with Crippen LogP contribution >= 0.6 is 24.8 Å². The SMILES string of the molecule is CCC(C)(C)NCc1nc(N)ccc1CO.Cl.Cl. The lowest BCUT2D eigenvalue weighted by atomic mass is 10.0. The summed E-state index contributed by atoms with van der Waals surface area (Å²) in [6.07, 6.45) is 1.03. The van der Waals surface area contributed by atoms with Gasteiger partial charge in [0.05, 0.1) is 12.3 Å². The minimum absolute atomic E-state index is 0. The van der Waals surface area contributed by atoms with Gasteiger partial charge in [0.1, 0.15) is 5.82 Å². The molecular weight excluding hydrogens is 273 g/mol. The van der Waals surface area contributed by atoms with E-state index >= 15 is 0 Å². The zero-order chi connectivity index (χ0) is 12.2. The molecule has 0 spiro atoms. The van der Waals surface area contributed by atoms with Gasteiger partial charge in [-0.2, -0.15) is 0 Å². The van der Waals surface area contributed by atoms with E-state index in [1.807, 2.05) is 6.07 Å². The molecule has 106 valence electrons. The predicted octanol–water partition coefficient (Wildman–Crippen LogP) is 2.28. The van der Waals surface area contributed by atoms with Crippen LogP contribution in [0.15, 0.2) is 12.1 Å². The lowest BCUT2D eigenvalue weighted by molar-refractivity contribution is 0.278. The van der Waals surface area contributed by atoms with Gasteiger partial charge in [0, 0.05) is 17.6 Å². The molecular formula is C12H23Cl2N3O. The maximum atomic E-state index is 9.19. The lowest BCUT2D eigenvalue weighted by Gasteiger charge is -2.24. The molecule has 0 bridgehead atoms. The number of nitrogens with one attached hydrogen (secondary N) is 1. The minimum atomic E-state index is -0.00313. The molecule has 0 saturated carbocycles. The fourth-order valence-corrected chi connectivity index (χ4v) is 1.29. The zero-order valence-corrected chi connectivity index (χ0v) is 12.7. The first-order valence-corrected chi connectivity index (χ1v) is 5.58. The van der Waals surface area contributed by atoms with Crippen molar-refractivity contribution < 1.29 is 5.11 Å². The molecule has 1 rings (SSSR count). The van der Waals surface area contributed by atoms with Crippen LogP contribution in [0.5, 0.6) is 0 Å². The van der Waals surface area contributed by atoms with Crippen molar-refractivity contribution in [3.63, 3.8) is 0 Å². The Labute approximate surface area is 121 Å². The highest BCUT2D eigenvalue weighted by molar-refractivity contribution is 5.85. The Bertz CT molecular complexity index is 359. The van der Waals surface area contributed by atoms with Gasteiger partial charge in [-0.15, -0.1) is 24.8 Å². The third-order valence-corrected chi connectivity index (χ3v) is 2.88. The number of aliphatic hydroxyl groups is 1. The first-order chi connectivity index (χ1) is 7.48. The van der Waals surface area contributed by atoms with Gasteiger partial charge in [-0.25, -0.2) is 4.98 Å². The summed E-state index contributed by atoms with van der Waals surface area (Å²) in [4.78, 5) is 4.24. The van der Waals surface area contributed by atoms with Crippen molar-refractivity contribution in [2.24, 2.45) is 0 Å². The molecule has 0 aliphatic heterocycles. The van der Waals surface area contributed by atoms with E-state index in [1.54, 1.807) is 6.07 Å². The molecule has 0 aliphatic carbocycles. The van der Waals surface area contributed by atoms with Crippen molar-refractivity contribution in [3.8, 4) is 0 Å². The molecule has 1 heterocycles. The van der Waals surface area contributed by atoms with E-state index in [9.17, 15) is 5.11 Å². The summed E-state index contributed by atoms with van der Waals surface area (Å²) in [7, 11) is 0. The Morgan fingerprint density at radius 1 is 1.33 bits per heavy atom. The number of aromatic nitrogens is 1. The molecule has 0 amide bonds. The molecule has 6 heteroatoms. The van der Waals surface area contributed by atoms with Crippen LogP contribution in [0.2, 0.25) is 0 Å². The molecule has 4 N–H and O–H groups in total. The van der Waals surface area contributed by atoms with Crippen molar-refractivity contribution in [2.45, 2.75) is 45.9 Å². The molecule has 0 unspecified atom stereocenters. The van der Waals surface area contributed by atoms with Crippen LogP contribution in [0.4, 0.5) is 5.82 Å². The van der Waals surface area contributed by atoms with Crippen LogP contribution in [0.3, 0.4) is 0 Å². The molecule has 18 heavy (non-hydrogen) atoms. The number of nitrogens with zero attached hydrogens (tertiary/aromatic N) is 1. The van der Waals surface area contributed by atoms with Crippen molar-refractivity contribution in [2.75, 3.05) is 5.73 Å². The van der Waals surface area contributed by atoms with Crippen molar-refractivity contribution in [1.82, 2.24) is 10.3 Å². The molecule has 0 aliphatic rings. The lowest BCUT2D eigenvalue weighted by Crippen LogP contribution is -2.38. The standard InChI is InChI=1S/C12H21N3O.2ClH/c1-4-12(2,3)14-7-10-9(8-16)5-6-11(13)15-10;;/h5-6,14,16H,4,7-8H2,1-3H3,(H2,13,15);2*1H. The monoisotopic (exact) mass is 295 g/mol. The number of nitrogens with two attached hydrogens (primary N) is 1. The maximum absolute atomic E-state index is 9.19. The van der Waals surface area contributed by atoms with Gasteiger partial charge in [-0.3, -0.25) is 0 Å². The third-order valence-electron chi connectivity index (χ3n) is 2.88. The van der Waals surface area contributed by atoms with Crippen molar-refractivity contribution in [1.29, 1.82) is 0 Å². The largest absolute Gasteiger partial charge is 0.392 e. The van der Waals surface area contributed by atoms with Gasteiger partial charge in [0.25, 0.3) is 0 Å². The summed E-state index contributed by atoms with van der Waals surface area (Å²) in [6.45, 7) is 7.03. The average Bonchev–Trinajstić information content (AvgIpc) is 2.27. The van der Waals surface area contributed by atoms with Crippen LogP contribution in [-0.2, 0) is 13.2 Å². The van der Waals surface area contributed by atoms with Crippen molar-refractivity contribution >= 4 is 30.6 Å². The number of halogens is 2. The predicted molar refractivity (Wildman–Crippen MR) is 80.3 cm³/mol. The van der Waals surface area contributed by atoms with Gasteiger partial charge in [-0.1, -0.05) is 13.0 Å². The van der Waals surface area contributed by atoms with Gasteiger partial charge in [0.15, 0.2) is 0 Å². The molecule has 1 aromatic heterocycles. The minimum Gasteiger partial charge on any atom is -0.392 e. The average molecular weight is 296 g/mol. The number of rotatable bonds is 5. The molecule has 0 saturated heterocycles. The molecule has 1 aromatic rings. The van der Waals surface area contributed by atoms with E-state index in [-0.39, 0.29) is 37.0 Å². The number of nitrogen functional groups attached to an aromatic ring is 1. The van der Waals surface area contributed by atoms with Crippen LogP contribution in [0, 0.1) is 0 Å². The zero-order valence-electron chi connectivity index (χ0n) is 11.1. The molecule has 4 nitrogen and oxygen atoms in total. The fraction of sp³-hybridized carbons (Fsp3) is 0.583. The topological polar surface area (TPSA) is 71.2 Å². The maximum Gasteiger partial charge on any atom is 0.123 e. The van der Waals surface area contributed by atoms with Gasteiger partial charge in [-0.05, 0) is 26.3 Å². The summed E-state index contributed by atoms with van der Waals surface area (Å²) in [5, 5.41) is 12.6. The Morgan fingerprint density at radius 3 is 2.44 bits per heavy atom. The number of anilines is 1. The molecule has 0 radical (unpaired) electrons. The highest BCUT2D eigenvalue weighted by Gasteiger charge is 2.15. The molecule has 0 atom stereocenters. The molecule has 0 aromatic carbocycles. The van der Waals surface area contributed by atoms with E-state index in [1.165, 1.54) is 0 Å². The Morgan fingerprint density at radius 2 is 1.94 bits per heavy atom. The number of hydrogen-bond donors (Lipinski definition) is 3. The number of aliphatic hydroxyl groups excluding tert-OH is 1. The number of pyridine rings is 1. The van der Waals surface area contributed by atoms with Crippen LogP contribution < -0.4 is 11.1 Å². The number of hydrogen-bond acceptors (Lipinski definition) is 4. The quantitative estimate of drug-likeness (QED) is 0.779. The van der Waals surface area contributed by atoms with Gasteiger partial charge < -0.3 is 16.2 Å². The van der Waals surface area contributed by atoms with E-state index in [2.05, 4.69) is 31.1 Å². The first kappa shape index (κ1) is 19.8. The second kappa shape index (κ2) is 8.53. The normalized spacial score (nSPS) is 10.4. The van der Waals surface area contributed by atoms with Crippen molar-refractivity contribution in [3.05, 3.63) is 23.4 Å². The Balaban J connectivity index is 0. The summed E-state index contributed by atoms with van der Waals surface area (Å²) in [5.74, 6) is 0.489. The first-order valence-electron chi connectivity index (χ1n) is 5.58. The second-order valence-electron chi connectivity index (χ2n) is 4.59. The smallest absolute Gasteiger partial charge is 0.123 e. The molecule has 0 fully saturated rings.